The molecule has 2 aliphatic heterocycles. The molecule has 2 fully saturated rings. The van der Waals surface area contributed by atoms with Crippen LogP contribution in [0.15, 0.2) is 30.3 Å². The fraction of sp³-hybridized carbons (Fsp3) is 0.611. The summed E-state index contributed by atoms with van der Waals surface area (Å²) in [6, 6.07) is 10.3. The number of aliphatic hydroxyl groups is 1. The van der Waals surface area contributed by atoms with Crippen LogP contribution in [0, 0.1) is 5.92 Å². The van der Waals surface area contributed by atoms with Gasteiger partial charge in [0, 0.05) is 19.6 Å². The number of piperidine rings is 1. The molecule has 22 heavy (non-hydrogen) atoms. The van der Waals surface area contributed by atoms with Crippen molar-refractivity contribution in [3.8, 4) is 0 Å². The van der Waals surface area contributed by atoms with Gasteiger partial charge >= 0.3 is 0 Å². The summed E-state index contributed by atoms with van der Waals surface area (Å²) in [6.07, 6.45) is 2.55. The molecule has 4 nitrogen and oxygen atoms in total. The van der Waals surface area contributed by atoms with Gasteiger partial charge in [-0.05, 0) is 37.3 Å². The van der Waals surface area contributed by atoms with Gasteiger partial charge in [0.1, 0.15) is 0 Å². The third-order valence-corrected chi connectivity index (χ3v) is 5.11. The molecule has 2 saturated heterocycles. The molecular weight excluding hydrogens is 276 g/mol. The van der Waals surface area contributed by atoms with Crippen LogP contribution in [0.4, 0.5) is 0 Å². The lowest BCUT2D eigenvalue weighted by molar-refractivity contribution is -0.140. The second-order valence-corrected chi connectivity index (χ2v) is 6.73. The molecule has 3 atom stereocenters. The first-order valence-electron chi connectivity index (χ1n) is 8.40. The monoisotopic (exact) mass is 302 g/mol. The number of hydrogen-bond donors (Lipinski definition) is 1. The van der Waals surface area contributed by atoms with Gasteiger partial charge in [0.2, 0.25) is 5.91 Å². The number of carbonyl (C=O) groups is 1. The molecule has 2 aliphatic rings. The molecule has 0 saturated carbocycles. The van der Waals surface area contributed by atoms with Gasteiger partial charge in [-0.3, -0.25) is 9.69 Å². The number of rotatable bonds is 3. The molecule has 1 aromatic carbocycles. The Kier molecular flexibility index (Phi) is 4.79. The summed E-state index contributed by atoms with van der Waals surface area (Å²) < 4.78 is 0. The van der Waals surface area contributed by atoms with Gasteiger partial charge < -0.3 is 10.0 Å². The highest BCUT2D eigenvalue weighted by Gasteiger charge is 2.36. The molecule has 0 bridgehead atoms. The van der Waals surface area contributed by atoms with Crippen molar-refractivity contribution in [3.63, 3.8) is 0 Å². The molecule has 1 aromatic rings. The molecular formula is C18H26N2O2. The van der Waals surface area contributed by atoms with Gasteiger partial charge in [-0.1, -0.05) is 37.3 Å². The van der Waals surface area contributed by atoms with E-state index in [1.54, 1.807) is 0 Å². The zero-order valence-corrected chi connectivity index (χ0v) is 13.3. The minimum Gasteiger partial charge on any atom is -0.391 e. The van der Waals surface area contributed by atoms with E-state index in [1.165, 1.54) is 5.56 Å². The van der Waals surface area contributed by atoms with Gasteiger partial charge in [-0.2, -0.15) is 0 Å². The van der Waals surface area contributed by atoms with Crippen LogP contribution in [0.2, 0.25) is 0 Å². The van der Waals surface area contributed by atoms with E-state index < -0.39 is 0 Å². The van der Waals surface area contributed by atoms with E-state index in [1.807, 2.05) is 23.1 Å². The predicted molar refractivity (Wildman–Crippen MR) is 86.2 cm³/mol. The van der Waals surface area contributed by atoms with Gasteiger partial charge in [-0.15, -0.1) is 0 Å². The Morgan fingerprint density at radius 1 is 1.23 bits per heavy atom. The highest BCUT2D eigenvalue weighted by Crippen LogP contribution is 2.24. The van der Waals surface area contributed by atoms with Crippen molar-refractivity contribution < 1.29 is 9.90 Å². The van der Waals surface area contributed by atoms with Crippen molar-refractivity contribution in [2.75, 3.05) is 19.6 Å². The summed E-state index contributed by atoms with van der Waals surface area (Å²) in [6.45, 7) is 5.16. The number of benzene rings is 1. The van der Waals surface area contributed by atoms with Crippen LogP contribution in [0.1, 0.15) is 31.7 Å². The van der Waals surface area contributed by atoms with Crippen LogP contribution >= 0.6 is 0 Å². The molecule has 2 heterocycles. The van der Waals surface area contributed by atoms with E-state index in [0.717, 1.165) is 38.9 Å². The minimum atomic E-state index is -0.373. The Morgan fingerprint density at radius 2 is 2.00 bits per heavy atom. The minimum absolute atomic E-state index is 0.0131. The summed E-state index contributed by atoms with van der Waals surface area (Å²) in [7, 11) is 0. The van der Waals surface area contributed by atoms with E-state index >= 15 is 0 Å². The van der Waals surface area contributed by atoms with Crippen molar-refractivity contribution >= 4 is 5.91 Å². The molecule has 0 aliphatic carbocycles. The lowest BCUT2D eigenvalue weighted by atomic mass is 9.95. The summed E-state index contributed by atoms with van der Waals surface area (Å²) >= 11 is 0. The van der Waals surface area contributed by atoms with E-state index in [0.29, 0.717) is 12.5 Å². The van der Waals surface area contributed by atoms with Crippen molar-refractivity contribution in [2.24, 2.45) is 5.92 Å². The third kappa shape index (κ3) is 3.33. The number of carbonyl (C=O) groups excluding carboxylic acids is 1. The molecule has 3 unspecified atom stereocenters. The molecule has 0 aromatic heterocycles. The molecule has 120 valence electrons. The highest BCUT2D eigenvalue weighted by molar-refractivity contribution is 5.82. The van der Waals surface area contributed by atoms with Crippen LogP contribution in [-0.4, -0.2) is 52.6 Å². The molecule has 0 spiro atoms. The van der Waals surface area contributed by atoms with E-state index in [9.17, 15) is 9.90 Å². The average Bonchev–Trinajstić information content (AvgIpc) is 2.98. The quantitative estimate of drug-likeness (QED) is 0.927. The van der Waals surface area contributed by atoms with Crippen LogP contribution in [0.25, 0.3) is 0 Å². The van der Waals surface area contributed by atoms with E-state index in [2.05, 4.69) is 24.0 Å². The van der Waals surface area contributed by atoms with Crippen molar-refractivity contribution in [1.29, 1.82) is 0 Å². The maximum atomic E-state index is 12.8. The molecule has 1 N–H and O–H groups in total. The molecule has 4 heteroatoms. The Labute approximate surface area is 132 Å². The van der Waals surface area contributed by atoms with Gasteiger partial charge in [0.15, 0.2) is 0 Å². The Balaban J connectivity index is 1.64. The zero-order valence-electron chi connectivity index (χ0n) is 13.3. The molecule has 0 radical (unpaired) electrons. The summed E-state index contributed by atoms with van der Waals surface area (Å²) in [4.78, 5) is 17.0. The standard InChI is InChI=1S/C18H26N2O2/c1-14-9-11-20(13-17(14)21)18(22)16-8-5-10-19(16)12-15-6-3-2-4-7-15/h2-4,6-7,14,16-17,21H,5,8-13H2,1H3. The topological polar surface area (TPSA) is 43.8 Å². The fourth-order valence-electron chi connectivity index (χ4n) is 3.57. The number of nitrogens with zero attached hydrogens (tertiary/aromatic N) is 2. The van der Waals surface area contributed by atoms with Crippen LogP contribution in [0.3, 0.4) is 0 Å². The summed E-state index contributed by atoms with van der Waals surface area (Å²) in [5.74, 6) is 0.507. The Bertz CT molecular complexity index is 505. The number of likely N-dealkylation sites (tertiary alicyclic amines) is 2. The predicted octanol–water partition coefficient (Wildman–Crippen LogP) is 1.88. The Morgan fingerprint density at radius 3 is 2.73 bits per heavy atom. The van der Waals surface area contributed by atoms with Gasteiger partial charge in [0.25, 0.3) is 0 Å². The van der Waals surface area contributed by atoms with Crippen molar-refractivity contribution in [2.45, 2.75) is 44.9 Å². The molecule has 3 rings (SSSR count). The fourth-order valence-corrected chi connectivity index (χ4v) is 3.57. The summed E-state index contributed by atoms with van der Waals surface area (Å²) in [5.41, 5.74) is 1.26. The first kappa shape index (κ1) is 15.5. The van der Waals surface area contributed by atoms with Crippen LogP contribution in [-0.2, 0) is 11.3 Å². The summed E-state index contributed by atoms with van der Waals surface area (Å²) in [5, 5.41) is 10.0. The normalized spacial score (nSPS) is 29.7. The Hall–Kier alpha value is -1.39. The second-order valence-electron chi connectivity index (χ2n) is 6.73. The van der Waals surface area contributed by atoms with Crippen molar-refractivity contribution in [1.82, 2.24) is 9.80 Å². The first-order chi connectivity index (χ1) is 10.6. The van der Waals surface area contributed by atoms with Gasteiger partial charge in [-0.25, -0.2) is 0 Å². The van der Waals surface area contributed by atoms with Crippen LogP contribution in [0.5, 0.6) is 0 Å². The maximum absolute atomic E-state index is 12.8. The largest absolute Gasteiger partial charge is 0.391 e. The first-order valence-corrected chi connectivity index (χ1v) is 8.40. The number of β-amino-alcohol motifs (C(OH)–C–C–N with tert-alkyl or cyclic N) is 1. The zero-order chi connectivity index (χ0) is 15.5. The number of amides is 1. The third-order valence-electron chi connectivity index (χ3n) is 5.11. The van der Waals surface area contributed by atoms with Crippen molar-refractivity contribution in [3.05, 3.63) is 35.9 Å². The lowest BCUT2D eigenvalue weighted by Crippen LogP contribution is -2.51. The maximum Gasteiger partial charge on any atom is 0.240 e. The van der Waals surface area contributed by atoms with E-state index in [-0.39, 0.29) is 18.1 Å². The SMILES string of the molecule is CC1CCN(C(=O)C2CCCN2Cc2ccccc2)CC1O. The highest BCUT2D eigenvalue weighted by atomic mass is 16.3. The average molecular weight is 302 g/mol. The van der Waals surface area contributed by atoms with Crippen LogP contribution < -0.4 is 0 Å². The van der Waals surface area contributed by atoms with E-state index in [4.69, 9.17) is 0 Å². The second kappa shape index (κ2) is 6.80. The number of aliphatic hydroxyl groups excluding tert-OH is 1. The number of hydrogen-bond acceptors (Lipinski definition) is 3. The smallest absolute Gasteiger partial charge is 0.240 e. The molecule has 1 amide bonds. The van der Waals surface area contributed by atoms with Gasteiger partial charge in [0.05, 0.1) is 12.1 Å². The lowest BCUT2D eigenvalue weighted by Gasteiger charge is -2.37.